The first-order valence-corrected chi connectivity index (χ1v) is 7.03. The van der Waals surface area contributed by atoms with Crippen LogP contribution in [0, 0.1) is 0 Å². The molecule has 0 unspecified atom stereocenters. The van der Waals surface area contributed by atoms with Crippen LogP contribution >= 0.6 is 0 Å². The third kappa shape index (κ3) is 2.18. The Bertz CT molecular complexity index is 1050. The molecule has 2 aromatic carbocycles. The Morgan fingerprint density at radius 1 is 1.09 bits per heavy atom. The number of nitrogens with one attached hydrogen (secondary N) is 2. The van der Waals surface area contributed by atoms with E-state index in [1.54, 1.807) is 17.6 Å². The lowest BCUT2D eigenvalue weighted by Crippen LogP contribution is -2.10. The summed E-state index contributed by atoms with van der Waals surface area (Å²) in [6, 6.07) is 14.8. The van der Waals surface area contributed by atoms with Crippen LogP contribution in [0.4, 0.5) is 11.6 Å². The molecule has 0 spiro atoms. The maximum Gasteiger partial charge on any atom is 0.260 e. The topological polar surface area (TPSA) is 84.3 Å². The number of methoxy groups -OCH3 is 1. The number of nitrogens with zero attached hydrogens (tertiary/aromatic N) is 3. The Balaban J connectivity index is 1.87. The summed E-state index contributed by atoms with van der Waals surface area (Å²) in [7, 11) is 1.62. The van der Waals surface area contributed by atoms with Crippen molar-refractivity contribution in [2.24, 2.45) is 0 Å². The predicted octanol–water partition coefficient (Wildman–Crippen LogP) is 2.32. The van der Waals surface area contributed by atoms with E-state index in [4.69, 9.17) is 4.74 Å². The Morgan fingerprint density at radius 3 is 2.65 bits per heavy atom. The van der Waals surface area contributed by atoms with E-state index in [0.29, 0.717) is 17.1 Å². The van der Waals surface area contributed by atoms with Gasteiger partial charge >= 0.3 is 0 Å². The van der Waals surface area contributed by atoms with Crippen molar-refractivity contribution in [2.75, 3.05) is 12.4 Å². The summed E-state index contributed by atoms with van der Waals surface area (Å²) in [6.07, 6.45) is 0. The average Bonchev–Trinajstić information content (AvgIpc) is 2.98. The minimum atomic E-state index is -0.184. The van der Waals surface area contributed by atoms with Crippen LogP contribution in [0.2, 0.25) is 0 Å². The zero-order chi connectivity index (χ0) is 15.8. The van der Waals surface area contributed by atoms with E-state index >= 15 is 0 Å². The number of hydrogen-bond acceptors (Lipinski definition) is 5. The van der Waals surface area contributed by atoms with Gasteiger partial charge in [0.25, 0.3) is 5.56 Å². The average molecular weight is 307 g/mol. The summed E-state index contributed by atoms with van der Waals surface area (Å²) in [4.78, 5) is 14.8. The molecule has 0 saturated heterocycles. The second-order valence-corrected chi connectivity index (χ2v) is 5.01. The lowest BCUT2D eigenvalue weighted by atomic mass is 10.2. The Kier molecular flexibility index (Phi) is 2.97. The first-order valence-electron chi connectivity index (χ1n) is 7.03. The van der Waals surface area contributed by atoms with Gasteiger partial charge in [-0.15, -0.1) is 10.2 Å². The maximum absolute atomic E-state index is 12.1. The molecule has 7 heteroatoms. The van der Waals surface area contributed by atoms with E-state index < -0.39 is 0 Å². The van der Waals surface area contributed by atoms with Gasteiger partial charge in [-0.25, -0.2) is 4.40 Å². The number of hydrogen-bond donors (Lipinski definition) is 2. The van der Waals surface area contributed by atoms with E-state index in [2.05, 4.69) is 20.5 Å². The Hall–Kier alpha value is -3.35. The molecule has 0 aliphatic carbocycles. The fourth-order valence-corrected chi connectivity index (χ4v) is 2.51. The smallest absolute Gasteiger partial charge is 0.260 e. The summed E-state index contributed by atoms with van der Waals surface area (Å²) in [5.74, 6) is 1.69. The lowest BCUT2D eigenvalue weighted by Gasteiger charge is -2.07. The van der Waals surface area contributed by atoms with Gasteiger partial charge in [-0.2, -0.15) is 0 Å². The SMILES string of the molecule is COc1ccc(Nc2nnc3[nH]c(=O)c4ccccc4n23)cc1. The second kappa shape index (κ2) is 5.13. The van der Waals surface area contributed by atoms with Gasteiger partial charge in [-0.05, 0) is 36.4 Å². The number of rotatable bonds is 3. The van der Waals surface area contributed by atoms with Gasteiger partial charge < -0.3 is 10.1 Å². The summed E-state index contributed by atoms with van der Waals surface area (Å²) in [5, 5.41) is 11.9. The molecule has 0 atom stereocenters. The minimum Gasteiger partial charge on any atom is -0.497 e. The molecule has 7 nitrogen and oxygen atoms in total. The molecular formula is C16H13N5O2. The molecule has 0 aliphatic rings. The molecule has 4 aromatic rings. The second-order valence-electron chi connectivity index (χ2n) is 5.01. The number of anilines is 2. The molecule has 2 N–H and O–H groups in total. The van der Waals surface area contributed by atoms with Crippen molar-refractivity contribution in [3.8, 4) is 5.75 Å². The summed E-state index contributed by atoms with van der Waals surface area (Å²) < 4.78 is 6.92. The minimum absolute atomic E-state index is 0.184. The molecule has 2 heterocycles. The summed E-state index contributed by atoms with van der Waals surface area (Å²) >= 11 is 0. The zero-order valence-corrected chi connectivity index (χ0v) is 12.3. The van der Waals surface area contributed by atoms with Crippen LogP contribution in [0.5, 0.6) is 5.75 Å². The standard InChI is InChI=1S/C16H13N5O2/c1-23-11-8-6-10(7-9-11)17-15-19-20-16-18-14(22)12-4-2-3-5-13(12)21(15)16/h2-9H,1H3,(H,17,19)(H,18,20,22). The van der Waals surface area contributed by atoms with Crippen LogP contribution in [0.1, 0.15) is 0 Å². The number of fused-ring (bicyclic) bond motifs is 3. The van der Waals surface area contributed by atoms with Crippen LogP contribution in [0.15, 0.2) is 53.3 Å². The molecule has 2 aromatic heterocycles. The number of benzene rings is 2. The van der Waals surface area contributed by atoms with E-state index in [0.717, 1.165) is 17.0 Å². The molecule has 0 radical (unpaired) electrons. The quantitative estimate of drug-likeness (QED) is 0.607. The summed E-state index contributed by atoms with van der Waals surface area (Å²) in [5.41, 5.74) is 1.40. The highest BCUT2D eigenvalue weighted by Gasteiger charge is 2.11. The molecule has 0 saturated carbocycles. The van der Waals surface area contributed by atoms with Crippen molar-refractivity contribution in [1.29, 1.82) is 0 Å². The van der Waals surface area contributed by atoms with Gasteiger partial charge in [0.15, 0.2) is 0 Å². The lowest BCUT2D eigenvalue weighted by molar-refractivity contribution is 0.415. The first-order chi connectivity index (χ1) is 11.3. The van der Waals surface area contributed by atoms with Crippen LogP contribution in [-0.2, 0) is 0 Å². The van der Waals surface area contributed by atoms with Gasteiger partial charge in [0.2, 0.25) is 11.7 Å². The van der Waals surface area contributed by atoms with Crippen molar-refractivity contribution in [1.82, 2.24) is 19.6 Å². The van der Waals surface area contributed by atoms with Crippen molar-refractivity contribution in [2.45, 2.75) is 0 Å². The Morgan fingerprint density at radius 2 is 1.87 bits per heavy atom. The molecular weight excluding hydrogens is 294 g/mol. The third-order valence-corrected chi connectivity index (χ3v) is 3.62. The molecule has 0 aliphatic heterocycles. The number of aromatic nitrogens is 4. The van der Waals surface area contributed by atoms with Crippen molar-refractivity contribution in [3.63, 3.8) is 0 Å². The Labute approximate surface area is 130 Å². The normalized spacial score (nSPS) is 11.0. The largest absolute Gasteiger partial charge is 0.497 e. The van der Waals surface area contributed by atoms with E-state index in [9.17, 15) is 4.79 Å². The molecule has 0 amide bonds. The fourth-order valence-electron chi connectivity index (χ4n) is 2.51. The highest BCUT2D eigenvalue weighted by molar-refractivity contribution is 5.81. The molecule has 4 rings (SSSR count). The van der Waals surface area contributed by atoms with Crippen molar-refractivity contribution < 1.29 is 4.74 Å². The molecule has 114 valence electrons. The molecule has 23 heavy (non-hydrogen) atoms. The number of para-hydroxylation sites is 1. The van der Waals surface area contributed by atoms with Crippen LogP contribution < -0.4 is 15.6 Å². The van der Waals surface area contributed by atoms with Crippen LogP contribution in [0.25, 0.3) is 16.7 Å². The zero-order valence-electron chi connectivity index (χ0n) is 12.3. The van der Waals surface area contributed by atoms with Gasteiger partial charge in [0, 0.05) is 5.69 Å². The molecule has 0 bridgehead atoms. The van der Waals surface area contributed by atoms with E-state index in [-0.39, 0.29) is 5.56 Å². The van der Waals surface area contributed by atoms with Crippen LogP contribution in [-0.4, -0.2) is 26.7 Å². The predicted molar refractivity (Wildman–Crippen MR) is 87.4 cm³/mol. The highest BCUT2D eigenvalue weighted by atomic mass is 16.5. The fraction of sp³-hybridized carbons (Fsp3) is 0.0625. The monoisotopic (exact) mass is 307 g/mol. The first kappa shape index (κ1) is 13.3. The maximum atomic E-state index is 12.1. The van der Waals surface area contributed by atoms with Gasteiger partial charge in [0.05, 0.1) is 18.0 Å². The van der Waals surface area contributed by atoms with Gasteiger partial charge in [0.1, 0.15) is 5.75 Å². The van der Waals surface area contributed by atoms with Crippen molar-refractivity contribution in [3.05, 3.63) is 58.9 Å². The van der Waals surface area contributed by atoms with Crippen molar-refractivity contribution >= 4 is 28.3 Å². The van der Waals surface area contributed by atoms with Gasteiger partial charge in [-0.3, -0.25) is 9.78 Å². The number of ether oxygens (including phenoxy) is 1. The van der Waals surface area contributed by atoms with E-state index in [1.165, 1.54) is 0 Å². The molecule has 0 fully saturated rings. The van der Waals surface area contributed by atoms with Gasteiger partial charge in [-0.1, -0.05) is 12.1 Å². The highest BCUT2D eigenvalue weighted by Crippen LogP contribution is 2.21. The van der Waals surface area contributed by atoms with E-state index in [1.807, 2.05) is 42.5 Å². The van der Waals surface area contributed by atoms with Crippen LogP contribution in [0.3, 0.4) is 0 Å². The number of aromatic amines is 1. The third-order valence-electron chi connectivity index (χ3n) is 3.62. The summed E-state index contributed by atoms with van der Waals surface area (Å²) in [6.45, 7) is 0. The number of H-pyrrole nitrogens is 1.